The van der Waals surface area contributed by atoms with Crippen molar-refractivity contribution in [3.63, 3.8) is 0 Å². The Kier molecular flexibility index (Phi) is 10.2. The fourth-order valence-electron chi connectivity index (χ4n) is 3.64. The zero-order valence-electron chi connectivity index (χ0n) is 17.9. The van der Waals surface area contributed by atoms with Gasteiger partial charge < -0.3 is 54.9 Å². The Labute approximate surface area is 184 Å². The minimum atomic E-state index is -1.92. The van der Waals surface area contributed by atoms with E-state index in [4.69, 9.17) is 18.9 Å². The summed E-state index contributed by atoms with van der Waals surface area (Å²) >= 11 is 0. The van der Waals surface area contributed by atoms with Gasteiger partial charge in [0.25, 0.3) is 0 Å². The Bertz CT molecular complexity index is 621. The molecule has 32 heavy (non-hydrogen) atoms. The summed E-state index contributed by atoms with van der Waals surface area (Å²) in [5.41, 5.74) is 0. The average Bonchev–Trinajstić information content (AvgIpc) is 2.74. The number of aliphatic hydroxyl groups is 5. The molecule has 2 saturated heterocycles. The van der Waals surface area contributed by atoms with Crippen molar-refractivity contribution in [2.24, 2.45) is 0 Å². The average molecular weight is 467 g/mol. The number of amides is 1. The van der Waals surface area contributed by atoms with Crippen LogP contribution in [0.3, 0.4) is 0 Å². The number of carboxylic acid groups (broad SMARTS) is 1. The highest BCUT2D eigenvalue weighted by atomic mass is 16.7. The topological polar surface area (TPSA) is 204 Å². The smallest absolute Gasteiger partial charge is 0.335 e. The first-order valence-electron chi connectivity index (χ1n) is 10.5. The minimum absolute atomic E-state index is 0.278. The van der Waals surface area contributed by atoms with Crippen molar-refractivity contribution in [3.8, 4) is 0 Å². The van der Waals surface area contributed by atoms with Crippen LogP contribution in [-0.4, -0.2) is 117 Å². The quantitative estimate of drug-likeness (QED) is 0.161. The Morgan fingerprint density at radius 1 is 0.969 bits per heavy atom. The van der Waals surface area contributed by atoms with E-state index < -0.39 is 79.8 Å². The van der Waals surface area contributed by atoms with Crippen molar-refractivity contribution in [1.29, 1.82) is 0 Å². The molecule has 186 valence electrons. The highest BCUT2D eigenvalue weighted by Gasteiger charge is 2.52. The molecule has 2 aliphatic heterocycles. The third kappa shape index (κ3) is 6.34. The number of hydrogen-bond donors (Lipinski definition) is 7. The second-order valence-corrected chi connectivity index (χ2v) is 7.86. The summed E-state index contributed by atoms with van der Waals surface area (Å²) in [7, 11) is 0. The van der Waals surface area contributed by atoms with Gasteiger partial charge in [0.2, 0.25) is 5.91 Å². The summed E-state index contributed by atoms with van der Waals surface area (Å²) < 4.78 is 21.9. The number of nitrogens with one attached hydrogen (secondary N) is 1. The predicted octanol–water partition coefficient (Wildman–Crippen LogP) is -2.95. The third-order valence-electron chi connectivity index (χ3n) is 5.36. The van der Waals surface area contributed by atoms with E-state index in [2.05, 4.69) is 5.32 Å². The molecule has 7 N–H and O–H groups in total. The molecule has 0 unspecified atom stereocenters. The Morgan fingerprint density at radius 2 is 1.66 bits per heavy atom. The first-order chi connectivity index (χ1) is 15.1. The molecule has 2 heterocycles. The van der Waals surface area contributed by atoms with Gasteiger partial charge in [-0.15, -0.1) is 0 Å². The van der Waals surface area contributed by atoms with Crippen LogP contribution < -0.4 is 5.32 Å². The number of rotatable bonds is 10. The van der Waals surface area contributed by atoms with Gasteiger partial charge in [0, 0.05) is 13.5 Å². The van der Waals surface area contributed by atoms with E-state index in [1.54, 1.807) is 0 Å². The molecule has 0 spiro atoms. The number of aliphatic carboxylic acids is 1. The molecule has 13 nitrogen and oxygen atoms in total. The molecule has 1 amide bonds. The van der Waals surface area contributed by atoms with Crippen LogP contribution in [0.25, 0.3) is 0 Å². The van der Waals surface area contributed by atoms with Crippen LogP contribution in [0.1, 0.15) is 33.1 Å². The molecule has 0 saturated carbocycles. The second-order valence-electron chi connectivity index (χ2n) is 7.86. The van der Waals surface area contributed by atoms with Gasteiger partial charge in [-0.1, -0.05) is 19.8 Å². The van der Waals surface area contributed by atoms with E-state index in [1.165, 1.54) is 6.92 Å². The zero-order valence-corrected chi connectivity index (χ0v) is 17.9. The molecular formula is C19H33NO12. The predicted molar refractivity (Wildman–Crippen MR) is 104 cm³/mol. The van der Waals surface area contributed by atoms with Crippen LogP contribution in [0.15, 0.2) is 0 Å². The largest absolute Gasteiger partial charge is 0.479 e. The first-order valence-corrected chi connectivity index (χ1v) is 10.5. The summed E-state index contributed by atoms with van der Waals surface area (Å²) in [5, 5.41) is 62.3. The van der Waals surface area contributed by atoms with Crippen LogP contribution in [0.4, 0.5) is 0 Å². The lowest BCUT2D eigenvalue weighted by Crippen LogP contribution is -2.67. The molecule has 0 aromatic rings. The van der Waals surface area contributed by atoms with Gasteiger partial charge >= 0.3 is 5.97 Å². The minimum Gasteiger partial charge on any atom is -0.479 e. The van der Waals surface area contributed by atoms with Gasteiger partial charge in [0.15, 0.2) is 18.7 Å². The summed E-state index contributed by atoms with van der Waals surface area (Å²) in [6.07, 6.45) is -12.1. The number of hydrogen-bond acceptors (Lipinski definition) is 11. The lowest BCUT2D eigenvalue weighted by molar-refractivity contribution is -0.343. The summed E-state index contributed by atoms with van der Waals surface area (Å²) in [6.45, 7) is 2.86. The van der Waals surface area contributed by atoms with Crippen molar-refractivity contribution < 1.29 is 59.2 Å². The number of ether oxygens (including phenoxy) is 4. The van der Waals surface area contributed by atoms with Gasteiger partial charge in [-0.25, -0.2) is 4.79 Å². The number of carbonyl (C=O) groups is 2. The summed E-state index contributed by atoms with van der Waals surface area (Å²) in [5.74, 6) is -2.10. The van der Waals surface area contributed by atoms with Crippen molar-refractivity contribution in [2.75, 3.05) is 13.2 Å². The normalized spacial score (nSPS) is 40.1. The third-order valence-corrected chi connectivity index (χ3v) is 5.36. The van der Waals surface area contributed by atoms with Gasteiger partial charge in [-0.3, -0.25) is 4.79 Å². The standard InChI is InChI=1S/C19H33NO12/c1-3-4-5-6-29-18-10(20-8(2)22)11(23)15(9(7-21)30-18)31-19-14(26)12(24)13(25)16(32-19)17(27)28/h9-16,18-19,21,23-26H,3-7H2,1-2H3,(H,20,22)(H,27,28)/t9-,10-,11-,12+,13+,14-,15-,16+,18-,19-/m1/s1. The molecule has 2 fully saturated rings. The van der Waals surface area contributed by atoms with Crippen LogP contribution in [0.2, 0.25) is 0 Å². The lowest BCUT2D eigenvalue weighted by atomic mass is 9.95. The van der Waals surface area contributed by atoms with E-state index >= 15 is 0 Å². The van der Waals surface area contributed by atoms with Gasteiger partial charge in [0.1, 0.15) is 42.7 Å². The van der Waals surface area contributed by atoms with Crippen LogP contribution in [0, 0.1) is 0 Å². The Morgan fingerprint density at radius 3 is 2.22 bits per heavy atom. The SMILES string of the molecule is CCCCCO[C@@H]1O[C@H](CO)[C@@H](O[C@@H]2O[C@H](C(=O)O)[C@@H](O)[C@H](O)[C@H]2O)[C@H](O)[C@H]1NC(C)=O. The molecule has 0 aromatic carbocycles. The monoisotopic (exact) mass is 467 g/mol. The zero-order chi connectivity index (χ0) is 24.0. The fraction of sp³-hybridized carbons (Fsp3) is 0.895. The molecule has 10 atom stereocenters. The maximum atomic E-state index is 11.7. The van der Waals surface area contributed by atoms with E-state index in [9.17, 15) is 40.2 Å². The molecule has 2 aliphatic rings. The highest BCUT2D eigenvalue weighted by Crippen LogP contribution is 2.29. The van der Waals surface area contributed by atoms with E-state index in [1.807, 2.05) is 6.92 Å². The Hall–Kier alpha value is -1.42. The van der Waals surface area contributed by atoms with E-state index in [0.717, 1.165) is 12.8 Å². The molecule has 0 radical (unpaired) electrons. The van der Waals surface area contributed by atoms with Crippen molar-refractivity contribution >= 4 is 11.9 Å². The number of unbranched alkanes of at least 4 members (excludes halogenated alkanes) is 2. The molecule has 0 aliphatic carbocycles. The number of carboxylic acids is 1. The number of aliphatic hydroxyl groups excluding tert-OH is 5. The first kappa shape index (κ1) is 26.8. The fourth-order valence-corrected chi connectivity index (χ4v) is 3.64. The van der Waals surface area contributed by atoms with E-state index in [-0.39, 0.29) is 6.61 Å². The Balaban J connectivity index is 2.18. The van der Waals surface area contributed by atoms with Gasteiger partial charge in [-0.2, -0.15) is 0 Å². The lowest BCUT2D eigenvalue weighted by Gasteiger charge is -2.46. The summed E-state index contributed by atoms with van der Waals surface area (Å²) in [4.78, 5) is 23.0. The second kappa shape index (κ2) is 12.2. The number of carbonyl (C=O) groups excluding carboxylic acids is 1. The maximum Gasteiger partial charge on any atom is 0.335 e. The van der Waals surface area contributed by atoms with Crippen LogP contribution >= 0.6 is 0 Å². The van der Waals surface area contributed by atoms with Crippen LogP contribution in [0.5, 0.6) is 0 Å². The maximum absolute atomic E-state index is 11.7. The molecule has 0 aromatic heterocycles. The highest BCUT2D eigenvalue weighted by molar-refractivity contribution is 5.73. The molecule has 13 heteroatoms. The van der Waals surface area contributed by atoms with Crippen LogP contribution in [-0.2, 0) is 28.5 Å². The van der Waals surface area contributed by atoms with E-state index in [0.29, 0.717) is 6.42 Å². The van der Waals surface area contributed by atoms with Crippen molar-refractivity contribution in [3.05, 3.63) is 0 Å². The molecular weight excluding hydrogens is 434 g/mol. The van der Waals surface area contributed by atoms with Crippen molar-refractivity contribution in [1.82, 2.24) is 5.32 Å². The van der Waals surface area contributed by atoms with Gasteiger partial charge in [0.05, 0.1) is 6.61 Å². The van der Waals surface area contributed by atoms with Crippen molar-refractivity contribution in [2.45, 2.75) is 94.5 Å². The molecule has 2 rings (SSSR count). The molecule has 0 bridgehead atoms. The summed E-state index contributed by atoms with van der Waals surface area (Å²) in [6, 6.07) is -1.12. The van der Waals surface area contributed by atoms with Gasteiger partial charge in [-0.05, 0) is 6.42 Å².